The highest BCUT2D eigenvalue weighted by molar-refractivity contribution is 5.75. The molecule has 28 heavy (non-hydrogen) atoms. The van der Waals surface area contributed by atoms with E-state index >= 15 is 0 Å². The molecule has 3 nitrogen and oxygen atoms in total. The topological polar surface area (TPSA) is 21.1 Å². The van der Waals surface area contributed by atoms with Crippen LogP contribution >= 0.6 is 0 Å². The summed E-state index contributed by atoms with van der Waals surface area (Å²) in [6.07, 6.45) is 10.1. The summed E-state index contributed by atoms with van der Waals surface area (Å²) in [4.78, 5) is 7.65. The van der Waals surface area contributed by atoms with E-state index in [1.165, 1.54) is 68.6 Å². The second kappa shape index (κ2) is 9.88. The van der Waals surface area contributed by atoms with Crippen LogP contribution < -0.4 is 0 Å². The lowest BCUT2D eigenvalue weighted by Gasteiger charge is -2.19. The van der Waals surface area contributed by atoms with Gasteiger partial charge in [0, 0.05) is 13.0 Å². The Morgan fingerprint density at radius 2 is 1.43 bits per heavy atom. The van der Waals surface area contributed by atoms with Gasteiger partial charge >= 0.3 is 0 Å². The van der Waals surface area contributed by atoms with E-state index in [4.69, 9.17) is 4.98 Å². The van der Waals surface area contributed by atoms with Gasteiger partial charge in [-0.1, -0.05) is 55.3 Å². The van der Waals surface area contributed by atoms with Crippen LogP contribution in [0.3, 0.4) is 0 Å². The molecule has 3 heteroatoms. The Kier molecular flexibility index (Phi) is 6.77. The van der Waals surface area contributed by atoms with Gasteiger partial charge in [0.2, 0.25) is 0 Å². The van der Waals surface area contributed by atoms with Crippen molar-refractivity contribution in [2.75, 3.05) is 19.6 Å². The van der Waals surface area contributed by atoms with E-state index in [9.17, 15) is 0 Å². The van der Waals surface area contributed by atoms with Crippen molar-refractivity contribution in [2.24, 2.45) is 0 Å². The first-order valence-corrected chi connectivity index (χ1v) is 11.1. The average molecular weight is 376 g/mol. The number of nitrogens with zero attached hydrogens (tertiary/aromatic N) is 3. The lowest BCUT2D eigenvalue weighted by Crippen LogP contribution is -2.26. The lowest BCUT2D eigenvalue weighted by atomic mass is 10.1. The molecule has 2 heterocycles. The predicted octanol–water partition coefficient (Wildman–Crippen LogP) is 5.48. The van der Waals surface area contributed by atoms with Crippen molar-refractivity contribution in [1.82, 2.24) is 14.5 Å². The number of rotatable bonds is 8. The fourth-order valence-electron chi connectivity index (χ4n) is 4.47. The molecule has 0 amide bonds. The van der Waals surface area contributed by atoms with Crippen LogP contribution in [-0.4, -0.2) is 34.1 Å². The summed E-state index contributed by atoms with van der Waals surface area (Å²) >= 11 is 0. The molecule has 1 aromatic heterocycles. The maximum Gasteiger partial charge on any atom is 0.109 e. The van der Waals surface area contributed by atoms with Crippen molar-refractivity contribution in [3.05, 3.63) is 66.0 Å². The molecule has 0 spiro atoms. The zero-order valence-corrected chi connectivity index (χ0v) is 17.0. The fourth-order valence-corrected chi connectivity index (χ4v) is 4.47. The third-order valence-corrected chi connectivity index (χ3v) is 6.00. The molecular formula is C25H33N3. The molecule has 1 fully saturated rings. The summed E-state index contributed by atoms with van der Waals surface area (Å²) < 4.78 is 2.47. The number of aromatic nitrogens is 2. The summed E-state index contributed by atoms with van der Waals surface area (Å²) in [5.74, 6) is 1.27. The quantitative estimate of drug-likeness (QED) is 0.520. The van der Waals surface area contributed by atoms with Crippen LogP contribution in [0.4, 0.5) is 0 Å². The molecule has 1 aliphatic heterocycles. The van der Waals surface area contributed by atoms with Crippen LogP contribution in [0.2, 0.25) is 0 Å². The molecule has 3 aromatic rings. The molecule has 0 radical (unpaired) electrons. The number of imidazole rings is 1. The van der Waals surface area contributed by atoms with E-state index in [1.807, 2.05) is 0 Å². The highest BCUT2D eigenvalue weighted by atomic mass is 15.1. The van der Waals surface area contributed by atoms with Crippen molar-refractivity contribution >= 4 is 11.0 Å². The number of likely N-dealkylation sites (tertiary alicyclic amines) is 1. The SMILES string of the molecule is c1ccc(CCCn2c(CCCN3CCCCCC3)nc3ccccc32)cc1. The van der Waals surface area contributed by atoms with Crippen molar-refractivity contribution in [3.8, 4) is 0 Å². The van der Waals surface area contributed by atoms with Gasteiger partial charge < -0.3 is 9.47 Å². The summed E-state index contributed by atoms with van der Waals surface area (Å²) in [5.41, 5.74) is 3.86. The Bertz CT molecular complexity index is 845. The molecule has 0 saturated carbocycles. The van der Waals surface area contributed by atoms with Gasteiger partial charge in [0.25, 0.3) is 0 Å². The minimum Gasteiger partial charge on any atom is -0.328 e. The van der Waals surface area contributed by atoms with Crippen LogP contribution in [0.25, 0.3) is 11.0 Å². The van der Waals surface area contributed by atoms with Crippen LogP contribution in [0.5, 0.6) is 0 Å². The van der Waals surface area contributed by atoms with Gasteiger partial charge in [-0.25, -0.2) is 4.98 Å². The van der Waals surface area contributed by atoms with Crippen molar-refractivity contribution in [3.63, 3.8) is 0 Å². The Hall–Kier alpha value is -2.13. The molecule has 4 rings (SSSR count). The number of para-hydroxylation sites is 2. The van der Waals surface area contributed by atoms with Crippen LogP contribution in [0, 0.1) is 0 Å². The predicted molar refractivity (Wildman–Crippen MR) is 118 cm³/mol. The highest BCUT2D eigenvalue weighted by Crippen LogP contribution is 2.19. The first-order chi connectivity index (χ1) is 13.9. The molecule has 0 unspecified atom stereocenters. The third kappa shape index (κ3) is 5.02. The van der Waals surface area contributed by atoms with Crippen LogP contribution in [0.15, 0.2) is 54.6 Å². The van der Waals surface area contributed by atoms with Gasteiger partial charge in [-0.3, -0.25) is 0 Å². The van der Waals surface area contributed by atoms with Gasteiger partial charge in [0.05, 0.1) is 11.0 Å². The van der Waals surface area contributed by atoms with Gasteiger partial charge in [0.15, 0.2) is 0 Å². The zero-order chi connectivity index (χ0) is 19.0. The fraction of sp³-hybridized carbons (Fsp3) is 0.480. The van der Waals surface area contributed by atoms with Crippen molar-refractivity contribution in [2.45, 2.75) is 57.9 Å². The van der Waals surface area contributed by atoms with Gasteiger partial charge in [-0.15, -0.1) is 0 Å². The van der Waals surface area contributed by atoms with E-state index in [2.05, 4.69) is 64.1 Å². The van der Waals surface area contributed by atoms with Gasteiger partial charge in [0.1, 0.15) is 5.82 Å². The van der Waals surface area contributed by atoms with Crippen LogP contribution in [0.1, 0.15) is 49.9 Å². The number of benzene rings is 2. The Morgan fingerprint density at radius 3 is 2.25 bits per heavy atom. The van der Waals surface area contributed by atoms with Gasteiger partial charge in [-0.2, -0.15) is 0 Å². The molecule has 148 valence electrons. The molecule has 1 aliphatic rings. The standard InChI is InChI=1S/C25H33N3/c1-2-9-19-27(18-8-1)20-11-17-25-26-23-15-6-7-16-24(23)28(25)21-10-14-22-12-4-3-5-13-22/h3-7,12-13,15-16H,1-2,8-11,14,17-21H2. The summed E-state index contributed by atoms with van der Waals surface area (Å²) in [7, 11) is 0. The molecule has 0 aliphatic carbocycles. The normalized spacial score (nSPS) is 15.7. The Labute approximate surface area is 169 Å². The first-order valence-electron chi connectivity index (χ1n) is 11.1. The smallest absolute Gasteiger partial charge is 0.109 e. The molecule has 1 saturated heterocycles. The average Bonchev–Trinajstić information content (AvgIpc) is 2.89. The maximum atomic E-state index is 4.98. The third-order valence-electron chi connectivity index (χ3n) is 6.00. The minimum absolute atomic E-state index is 1.05. The number of aryl methyl sites for hydroxylation is 3. The summed E-state index contributed by atoms with van der Waals surface area (Å²) in [6, 6.07) is 19.4. The molecule has 0 atom stereocenters. The lowest BCUT2D eigenvalue weighted by molar-refractivity contribution is 0.280. The second-order valence-electron chi connectivity index (χ2n) is 8.12. The minimum atomic E-state index is 1.05. The molecule has 0 N–H and O–H groups in total. The summed E-state index contributed by atoms with van der Waals surface area (Å²) in [5, 5.41) is 0. The van der Waals surface area contributed by atoms with E-state index in [-0.39, 0.29) is 0 Å². The number of hydrogen-bond donors (Lipinski definition) is 0. The van der Waals surface area contributed by atoms with Crippen molar-refractivity contribution < 1.29 is 0 Å². The molecule has 2 aromatic carbocycles. The number of fused-ring (bicyclic) bond motifs is 1. The number of hydrogen-bond acceptors (Lipinski definition) is 2. The van der Waals surface area contributed by atoms with E-state index in [1.54, 1.807) is 0 Å². The van der Waals surface area contributed by atoms with Crippen LogP contribution in [-0.2, 0) is 19.4 Å². The maximum absolute atomic E-state index is 4.98. The van der Waals surface area contributed by atoms with Crippen molar-refractivity contribution in [1.29, 1.82) is 0 Å². The zero-order valence-electron chi connectivity index (χ0n) is 17.0. The highest BCUT2D eigenvalue weighted by Gasteiger charge is 2.12. The monoisotopic (exact) mass is 375 g/mol. The van der Waals surface area contributed by atoms with E-state index in [0.717, 1.165) is 31.3 Å². The molecule has 0 bridgehead atoms. The van der Waals surface area contributed by atoms with E-state index < -0.39 is 0 Å². The Morgan fingerprint density at radius 1 is 0.714 bits per heavy atom. The second-order valence-corrected chi connectivity index (χ2v) is 8.12. The molecular weight excluding hydrogens is 342 g/mol. The Balaban J connectivity index is 1.39. The largest absolute Gasteiger partial charge is 0.328 e. The summed E-state index contributed by atoms with van der Waals surface area (Å²) in [6.45, 7) is 4.84. The van der Waals surface area contributed by atoms with E-state index in [0.29, 0.717) is 0 Å². The first kappa shape index (κ1) is 19.2. The van der Waals surface area contributed by atoms with Gasteiger partial charge in [-0.05, 0) is 69.4 Å².